The standard InChI is InChI=1S/C23H25N3O3/c27-22(17-7-9-19(10-8-17)29-15-16-5-6-16)25-13-11-18(12-14-25)26-21-4-2-1-3-20(21)24-23(26)28/h1-4,7-10,16,18H,5-6,11-15H2,(H,24,28). The Morgan fingerprint density at radius 3 is 2.45 bits per heavy atom. The molecule has 0 spiro atoms. The number of piperidine rings is 1. The highest BCUT2D eigenvalue weighted by Gasteiger charge is 2.27. The van der Waals surface area contributed by atoms with Crippen molar-refractivity contribution in [1.82, 2.24) is 14.5 Å². The van der Waals surface area contributed by atoms with Crippen LogP contribution in [0.3, 0.4) is 0 Å². The van der Waals surface area contributed by atoms with Crippen LogP contribution in [0.25, 0.3) is 11.0 Å². The molecule has 1 aliphatic heterocycles. The maximum atomic E-state index is 12.9. The van der Waals surface area contributed by atoms with Crippen LogP contribution in [0.2, 0.25) is 0 Å². The average molecular weight is 391 g/mol. The number of ether oxygens (including phenoxy) is 1. The molecule has 2 heterocycles. The van der Waals surface area contributed by atoms with Crippen LogP contribution in [-0.2, 0) is 0 Å². The Kier molecular flexibility index (Phi) is 4.62. The van der Waals surface area contributed by atoms with Gasteiger partial charge < -0.3 is 14.6 Å². The van der Waals surface area contributed by atoms with Crippen molar-refractivity contribution in [1.29, 1.82) is 0 Å². The van der Waals surface area contributed by atoms with Crippen molar-refractivity contribution >= 4 is 16.9 Å². The smallest absolute Gasteiger partial charge is 0.326 e. The quantitative estimate of drug-likeness (QED) is 0.723. The molecule has 1 aromatic heterocycles. The van der Waals surface area contributed by atoms with Gasteiger partial charge in [-0.1, -0.05) is 12.1 Å². The lowest BCUT2D eigenvalue weighted by atomic mass is 10.0. The molecule has 1 N–H and O–H groups in total. The zero-order chi connectivity index (χ0) is 19.8. The van der Waals surface area contributed by atoms with Gasteiger partial charge >= 0.3 is 5.69 Å². The van der Waals surface area contributed by atoms with E-state index in [1.165, 1.54) is 12.8 Å². The van der Waals surface area contributed by atoms with Crippen molar-refractivity contribution in [2.24, 2.45) is 5.92 Å². The second kappa shape index (κ2) is 7.43. The van der Waals surface area contributed by atoms with E-state index >= 15 is 0 Å². The number of carbonyl (C=O) groups excluding carboxylic acids is 1. The molecule has 6 heteroatoms. The van der Waals surface area contributed by atoms with E-state index in [0.29, 0.717) is 24.6 Å². The first-order valence-electron chi connectivity index (χ1n) is 10.4. The molecule has 1 aliphatic carbocycles. The Balaban J connectivity index is 1.23. The van der Waals surface area contributed by atoms with E-state index in [4.69, 9.17) is 4.74 Å². The molecule has 2 aromatic carbocycles. The number of H-pyrrole nitrogens is 1. The van der Waals surface area contributed by atoms with Crippen LogP contribution in [0.15, 0.2) is 53.3 Å². The number of nitrogens with one attached hydrogen (secondary N) is 1. The highest BCUT2D eigenvalue weighted by atomic mass is 16.5. The van der Waals surface area contributed by atoms with Gasteiger partial charge in [-0.05, 0) is 68.0 Å². The fraction of sp³-hybridized carbons (Fsp3) is 0.391. The minimum Gasteiger partial charge on any atom is -0.493 e. The summed E-state index contributed by atoms with van der Waals surface area (Å²) in [6, 6.07) is 15.3. The van der Waals surface area contributed by atoms with Crippen molar-refractivity contribution in [3.05, 3.63) is 64.6 Å². The zero-order valence-electron chi connectivity index (χ0n) is 16.3. The molecule has 0 unspecified atom stereocenters. The molecule has 5 rings (SSSR count). The van der Waals surface area contributed by atoms with Crippen molar-refractivity contribution in [3.8, 4) is 5.75 Å². The summed E-state index contributed by atoms with van der Waals surface area (Å²) < 4.78 is 7.60. The third-order valence-corrected chi connectivity index (χ3v) is 6.02. The number of aromatic nitrogens is 2. The number of imidazole rings is 1. The molecule has 6 nitrogen and oxygen atoms in total. The zero-order valence-corrected chi connectivity index (χ0v) is 16.3. The van der Waals surface area contributed by atoms with Crippen LogP contribution in [0.4, 0.5) is 0 Å². The van der Waals surface area contributed by atoms with E-state index in [0.717, 1.165) is 36.2 Å². The molecule has 0 atom stereocenters. The Morgan fingerprint density at radius 2 is 1.72 bits per heavy atom. The molecule has 1 saturated heterocycles. The SMILES string of the molecule is O=C(c1ccc(OCC2CC2)cc1)N1CCC(n2c(=O)[nH]c3ccccc32)CC1. The van der Waals surface area contributed by atoms with Gasteiger partial charge in [-0.3, -0.25) is 9.36 Å². The number of carbonyl (C=O) groups is 1. The second-order valence-electron chi connectivity index (χ2n) is 8.12. The topological polar surface area (TPSA) is 67.3 Å². The van der Waals surface area contributed by atoms with Crippen LogP contribution in [0.1, 0.15) is 42.1 Å². The number of fused-ring (bicyclic) bond motifs is 1. The summed E-state index contributed by atoms with van der Waals surface area (Å²) in [6.45, 7) is 2.07. The van der Waals surface area contributed by atoms with Crippen LogP contribution < -0.4 is 10.4 Å². The first-order chi connectivity index (χ1) is 14.2. The van der Waals surface area contributed by atoms with E-state index in [1.54, 1.807) is 0 Å². The van der Waals surface area contributed by atoms with E-state index < -0.39 is 0 Å². The fourth-order valence-electron chi connectivity index (χ4n) is 4.14. The summed E-state index contributed by atoms with van der Waals surface area (Å²) in [7, 11) is 0. The maximum Gasteiger partial charge on any atom is 0.326 e. The number of nitrogens with zero attached hydrogens (tertiary/aromatic N) is 2. The number of benzene rings is 2. The van der Waals surface area contributed by atoms with Crippen molar-refractivity contribution < 1.29 is 9.53 Å². The highest BCUT2D eigenvalue weighted by molar-refractivity contribution is 5.94. The summed E-state index contributed by atoms with van der Waals surface area (Å²) in [5.41, 5.74) is 2.41. The second-order valence-corrected chi connectivity index (χ2v) is 8.12. The Morgan fingerprint density at radius 1 is 1.00 bits per heavy atom. The molecule has 1 saturated carbocycles. The molecule has 2 aliphatic rings. The number of hydrogen-bond donors (Lipinski definition) is 1. The molecule has 0 radical (unpaired) electrons. The van der Waals surface area contributed by atoms with Crippen LogP contribution in [0.5, 0.6) is 5.75 Å². The lowest BCUT2D eigenvalue weighted by molar-refractivity contribution is 0.0695. The van der Waals surface area contributed by atoms with Gasteiger partial charge in [0.15, 0.2) is 0 Å². The average Bonchev–Trinajstić information content (AvgIpc) is 3.53. The summed E-state index contributed by atoms with van der Waals surface area (Å²) in [6.07, 6.45) is 4.07. The molecular formula is C23H25N3O3. The van der Waals surface area contributed by atoms with Gasteiger partial charge in [-0.15, -0.1) is 0 Å². The first kappa shape index (κ1) is 18.0. The number of likely N-dealkylation sites (tertiary alicyclic amines) is 1. The number of para-hydroxylation sites is 2. The number of hydrogen-bond acceptors (Lipinski definition) is 3. The molecule has 150 valence electrons. The van der Waals surface area contributed by atoms with Gasteiger partial charge in [-0.2, -0.15) is 0 Å². The van der Waals surface area contributed by atoms with Crippen LogP contribution >= 0.6 is 0 Å². The Bertz CT molecular complexity index is 1070. The van der Waals surface area contributed by atoms with Crippen molar-refractivity contribution in [2.45, 2.75) is 31.7 Å². The van der Waals surface area contributed by atoms with Gasteiger partial charge in [0.1, 0.15) is 5.75 Å². The minimum atomic E-state index is -0.0715. The highest BCUT2D eigenvalue weighted by Crippen LogP contribution is 2.30. The molecule has 3 aromatic rings. The third kappa shape index (κ3) is 3.67. The Labute approximate surface area is 169 Å². The molecular weight excluding hydrogens is 366 g/mol. The van der Waals surface area contributed by atoms with E-state index in [-0.39, 0.29) is 17.6 Å². The van der Waals surface area contributed by atoms with Gasteiger partial charge in [-0.25, -0.2) is 4.79 Å². The lowest BCUT2D eigenvalue weighted by Crippen LogP contribution is -2.40. The number of amides is 1. The van der Waals surface area contributed by atoms with Crippen LogP contribution in [0, 0.1) is 5.92 Å². The summed E-state index contributed by atoms with van der Waals surface area (Å²) in [5.74, 6) is 1.58. The van der Waals surface area contributed by atoms with E-state index in [2.05, 4.69) is 4.98 Å². The third-order valence-electron chi connectivity index (χ3n) is 6.02. The first-order valence-corrected chi connectivity index (χ1v) is 10.4. The summed E-state index contributed by atoms with van der Waals surface area (Å²) >= 11 is 0. The normalized spacial score (nSPS) is 17.6. The lowest BCUT2D eigenvalue weighted by Gasteiger charge is -2.32. The van der Waals surface area contributed by atoms with Gasteiger partial charge in [0.25, 0.3) is 5.91 Å². The number of aromatic amines is 1. The van der Waals surface area contributed by atoms with Gasteiger partial charge in [0.2, 0.25) is 0 Å². The fourth-order valence-corrected chi connectivity index (χ4v) is 4.14. The molecule has 0 bridgehead atoms. The number of rotatable bonds is 5. The maximum absolute atomic E-state index is 12.9. The van der Waals surface area contributed by atoms with E-state index in [9.17, 15) is 9.59 Å². The summed E-state index contributed by atoms with van der Waals surface area (Å²) in [5, 5.41) is 0. The van der Waals surface area contributed by atoms with Gasteiger partial charge in [0, 0.05) is 24.7 Å². The van der Waals surface area contributed by atoms with Crippen molar-refractivity contribution in [2.75, 3.05) is 19.7 Å². The summed E-state index contributed by atoms with van der Waals surface area (Å²) in [4.78, 5) is 30.1. The molecule has 1 amide bonds. The van der Waals surface area contributed by atoms with Crippen LogP contribution in [-0.4, -0.2) is 40.1 Å². The van der Waals surface area contributed by atoms with Gasteiger partial charge in [0.05, 0.1) is 17.6 Å². The monoisotopic (exact) mass is 391 g/mol. The van der Waals surface area contributed by atoms with E-state index in [1.807, 2.05) is 58.0 Å². The molecule has 29 heavy (non-hydrogen) atoms. The minimum absolute atomic E-state index is 0.0449. The predicted octanol–water partition coefficient (Wildman–Crippen LogP) is 3.60. The van der Waals surface area contributed by atoms with Crippen molar-refractivity contribution in [3.63, 3.8) is 0 Å². The predicted molar refractivity (Wildman–Crippen MR) is 111 cm³/mol. The molecule has 2 fully saturated rings. The Hall–Kier alpha value is -3.02. The largest absolute Gasteiger partial charge is 0.493 e.